The highest BCUT2D eigenvalue weighted by atomic mass is 16.1. The third-order valence-electron chi connectivity index (χ3n) is 4.57. The van der Waals surface area contributed by atoms with E-state index in [4.69, 9.17) is 0 Å². The number of aryl methyl sites for hydroxylation is 1. The molecule has 1 N–H and O–H groups in total. The van der Waals surface area contributed by atoms with E-state index in [9.17, 15) is 4.79 Å². The number of carbonyl (C=O) groups excluding carboxylic acids is 1. The quantitative estimate of drug-likeness (QED) is 0.939. The Morgan fingerprint density at radius 3 is 2.62 bits per heavy atom. The summed E-state index contributed by atoms with van der Waals surface area (Å²) in [7, 11) is 0. The van der Waals surface area contributed by atoms with E-state index in [0.29, 0.717) is 5.56 Å². The molecule has 1 aliphatic rings. The summed E-state index contributed by atoms with van der Waals surface area (Å²) in [6.45, 7) is 9.67. The summed E-state index contributed by atoms with van der Waals surface area (Å²) in [5, 5.41) is 2.97. The maximum absolute atomic E-state index is 12.3. The number of nitrogens with one attached hydrogen (secondary N) is 1. The molecule has 1 amide bonds. The molecule has 0 unspecified atom stereocenters. The van der Waals surface area contributed by atoms with Gasteiger partial charge in [-0.05, 0) is 49.4 Å². The van der Waals surface area contributed by atoms with Crippen molar-refractivity contribution < 1.29 is 4.79 Å². The lowest BCUT2D eigenvalue weighted by atomic mass is 10.1. The van der Waals surface area contributed by atoms with Crippen LogP contribution in [0.1, 0.15) is 22.8 Å². The van der Waals surface area contributed by atoms with E-state index in [2.05, 4.69) is 39.2 Å². The molecule has 0 spiro atoms. The number of benzene rings is 1. The molecule has 1 saturated heterocycles. The fraction of sp³-hybridized carbons (Fsp3) is 0.368. The van der Waals surface area contributed by atoms with Crippen molar-refractivity contribution in [2.75, 3.05) is 42.9 Å². The Hall–Kier alpha value is -2.40. The molecule has 0 aliphatic carbocycles. The average molecular weight is 324 g/mol. The van der Waals surface area contributed by atoms with Gasteiger partial charge in [-0.15, -0.1) is 0 Å². The number of aromatic nitrogens is 1. The molecular formula is C19H24N4O. The smallest absolute Gasteiger partial charge is 0.257 e. The molecule has 1 aromatic carbocycles. The molecule has 1 aliphatic heterocycles. The largest absolute Gasteiger partial charge is 0.369 e. The fourth-order valence-electron chi connectivity index (χ4n) is 3.00. The molecule has 0 atom stereocenters. The van der Waals surface area contributed by atoms with Gasteiger partial charge in [0.05, 0.1) is 5.56 Å². The number of rotatable bonds is 4. The zero-order valence-electron chi connectivity index (χ0n) is 14.3. The number of nitrogens with zero attached hydrogens (tertiary/aromatic N) is 3. The van der Waals surface area contributed by atoms with E-state index in [1.54, 1.807) is 24.5 Å². The van der Waals surface area contributed by atoms with Crippen LogP contribution in [0.3, 0.4) is 0 Å². The Morgan fingerprint density at radius 1 is 1.21 bits per heavy atom. The Labute approximate surface area is 143 Å². The van der Waals surface area contributed by atoms with Crippen LogP contribution in [0.2, 0.25) is 0 Å². The van der Waals surface area contributed by atoms with Crippen molar-refractivity contribution in [1.82, 2.24) is 9.88 Å². The predicted octanol–water partition coefficient (Wildman–Crippen LogP) is 2.78. The predicted molar refractivity (Wildman–Crippen MR) is 97.7 cm³/mol. The van der Waals surface area contributed by atoms with Crippen molar-refractivity contribution in [3.63, 3.8) is 0 Å². The van der Waals surface area contributed by atoms with Crippen LogP contribution in [-0.2, 0) is 0 Å². The molecule has 126 valence electrons. The lowest BCUT2D eigenvalue weighted by Gasteiger charge is -2.35. The maximum atomic E-state index is 12.3. The van der Waals surface area contributed by atoms with Crippen molar-refractivity contribution in [2.24, 2.45) is 0 Å². The Morgan fingerprint density at radius 2 is 2.00 bits per heavy atom. The van der Waals surface area contributed by atoms with Crippen LogP contribution in [0.15, 0.2) is 42.7 Å². The SMILES string of the molecule is CCN1CCN(c2ccc(NC(=O)c3cccnc3)c(C)c2)CC1. The fourth-order valence-corrected chi connectivity index (χ4v) is 3.00. The van der Waals surface area contributed by atoms with Gasteiger partial charge in [-0.25, -0.2) is 0 Å². The Bertz CT molecular complexity index is 694. The molecule has 5 heteroatoms. The normalized spacial score (nSPS) is 15.3. The summed E-state index contributed by atoms with van der Waals surface area (Å²) < 4.78 is 0. The van der Waals surface area contributed by atoms with E-state index in [1.807, 2.05) is 13.0 Å². The third-order valence-corrected chi connectivity index (χ3v) is 4.57. The van der Waals surface area contributed by atoms with Gasteiger partial charge < -0.3 is 15.1 Å². The summed E-state index contributed by atoms with van der Waals surface area (Å²) in [6.07, 6.45) is 3.24. The minimum Gasteiger partial charge on any atom is -0.369 e. The van der Waals surface area contributed by atoms with E-state index < -0.39 is 0 Å². The number of amides is 1. The lowest BCUT2D eigenvalue weighted by molar-refractivity contribution is 0.102. The Balaban J connectivity index is 1.68. The van der Waals surface area contributed by atoms with Crippen LogP contribution < -0.4 is 10.2 Å². The molecule has 3 rings (SSSR count). The first-order chi connectivity index (χ1) is 11.7. The van der Waals surface area contributed by atoms with Gasteiger partial charge in [0.15, 0.2) is 0 Å². The molecular weight excluding hydrogens is 300 g/mol. The second kappa shape index (κ2) is 7.45. The van der Waals surface area contributed by atoms with Gasteiger partial charge in [0.25, 0.3) is 5.91 Å². The van der Waals surface area contributed by atoms with E-state index >= 15 is 0 Å². The molecule has 2 heterocycles. The van der Waals surface area contributed by atoms with E-state index in [1.165, 1.54) is 5.69 Å². The number of piperazine rings is 1. The van der Waals surface area contributed by atoms with Gasteiger partial charge in [0.2, 0.25) is 0 Å². The monoisotopic (exact) mass is 324 g/mol. The number of pyridine rings is 1. The van der Waals surface area contributed by atoms with Crippen LogP contribution in [0.4, 0.5) is 11.4 Å². The Kier molecular flexibility index (Phi) is 5.11. The number of anilines is 2. The molecule has 0 radical (unpaired) electrons. The van der Waals surface area contributed by atoms with Crippen LogP contribution in [0.25, 0.3) is 0 Å². The molecule has 24 heavy (non-hydrogen) atoms. The van der Waals surface area contributed by atoms with Crippen molar-refractivity contribution in [1.29, 1.82) is 0 Å². The van der Waals surface area contributed by atoms with E-state index in [-0.39, 0.29) is 5.91 Å². The highest BCUT2D eigenvalue weighted by molar-refractivity contribution is 6.04. The van der Waals surface area contributed by atoms with Crippen molar-refractivity contribution in [2.45, 2.75) is 13.8 Å². The first-order valence-electron chi connectivity index (χ1n) is 8.46. The second-order valence-electron chi connectivity index (χ2n) is 6.12. The topological polar surface area (TPSA) is 48.5 Å². The van der Waals surface area contributed by atoms with Crippen LogP contribution in [0.5, 0.6) is 0 Å². The minimum absolute atomic E-state index is 0.129. The van der Waals surface area contributed by atoms with Gasteiger partial charge in [0, 0.05) is 49.9 Å². The summed E-state index contributed by atoms with van der Waals surface area (Å²) in [5.41, 5.74) is 3.71. The molecule has 1 aromatic heterocycles. The molecule has 0 bridgehead atoms. The highest BCUT2D eigenvalue weighted by Crippen LogP contribution is 2.24. The molecule has 1 fully saturated rings. The average Bonchev–Trinajstić information content (AvgIpc) is 2.64. The maximum Gasteiger partial charge on any atom is 0.257 e. The van der Waals surface area contributed by atoms with Crippen molar-refractivity contribution >= 4 is 17.3 Å². The van der Waals surface area contributed by atoms with Gasteiger partial charge in [0.1, 0.15) is 0 Å². The number of hydrogen-bond donors (Lipinski definition) is 1. The van der Waals surface area contributed by atoms with Crippen molar-refractivity contribution in [3.05, 3.63) is 53.9 Å². The van der Waals surface area contributed by atoms with Crippen molar-refractivity contribution in [3.8, 4) is 0 Å². The standard InChI is InChI=1S/C19H24N4O/c1-3-22-9-11-23(12-10-22)17-6-7-18(15(2)13-17)21-19(24)16-5-4-8-20-14-16/h4-8,13-14H,3,9-12H2,1-2H3,(H,21,24). The third kappa shape index (κ3) is 3.74. The summed E-state index contributed by atoms with van der Waals surface area (Å²) >= 11 is 0. The number of carbonyl (C=O) groups is 1. The molecule has 0 saturated carbocycles. The highest BCUT2D eigenvalue weighted by Gasteiger charge is 2.16. The second-order valence-corrected chi connectivity index (χ2v) is 6.12. The number of hydrogen-bond acceptors (Lipinski definition) is 4. The van der Waals surface area contributed by atoms with Gasteiger partial charge in [-0.1, -0.05) is 6.92 Å². The zero-order valence-corrected chi connectivity index (χ0v) is 14.3. The first-order valence-corrected chi connectivity index (χ1v) is 8.46. The zero-order chi connectivity index (χ0) is 16.9. The summed E-state index contributed by atoms with van der Waals surface area (Å²) in [5.74, 6) is -0.129. The minimum atomic E-state index is -0.129. The number of likely N-dealkylation sites (N-methyl/N-ethyl adjacent to an activating group) is 1. The molecule has 2 aromatic rings. The van der Waals surface area contributed by atoms with Crippen LogP contribution in [-0.4, -0.2) is 48.5 Å². The first kappa shape index (κ1) is 16.5. The van der Waals surface area contributed by atoms with Gasteiger partial charge >= 0.3 is 0 Å². The van der Waals surface area contributed by atoms with Gasteiger partial charge in [-0.3, -0.25) is 9.78 Å². The van der Waals surface area contributed by atoms with Crippen LogP contribution >= 0.6 is 0 Å². The van der Waals surface area contributed by atoms with E-state index in [0.717, 1.165) is 44.0 Å². The molecule has 5 nitrogen and oxygen atoms in total. The van der Waals surface area contributed by atoms with Gasteiger partial charge in [-0.2, -0.15) is 0 Å². The lowest BCUT2D eigenvalue weighted by Crippen LogP contribution is -2.46. The van der Waals surface area contributed by atoms with Crippen LogP contribution in [0, 0.1) is 6.92 Å². The summed E-state index contributed by atoms with van der Waals surface area (Å²) in [4.78, 5) is 21.1. The summed E-state index contributed by atoms with van der Waals surface area (Å²) in [6, 6.07) is 9.76.